The van der Waals surface area contributed by atoms with Gasteiger partial charge in [-0.15, -0.1) is 0 Å². The van der Waals surface area contributed by atoms with Crippen LogP contribution in [0.1, 0.15) is 13.8 Å². The number of aromatic nitrogens is 2. The maximum absolute atomic E-state index is 12.0. The molecule has 1 rings (SSSR count). The van der Waals surface area contributed by atoms with Crippen LogP contribution in [-0.2, 0) is 17.1 Å². The molecule has 0 amide bonds. The molecule has 0 radical (unpaired) electrons. The average molecular weight is 281 g/mol. The van der Waals surface area contributed by atoms with Gasteiger partial charge in [-0.25, -0.2) is 13.1 Å². The lowest BCUT2D eigenvalue weighted by Crippen LogP contribution is -2.39. The van der Waals surface area contributed by atoms with E-state index in [-0.39, 0.29) is 16.1 Å². The third-order valence-electron chi connectivity index (χ3n) is 2.23. The van der Waals surface area contributed by atoms with Crippen LogP contribution in [0.25, 0.3) is 0 Å². The van der Waals surface area contributed by atoms with Gasteiger partial charge in [0.2, 0.25) is 0 Å². The Balaban J connectivity index is 2.76. The molecule has 0 unspecified atom stereocenters. The fourth-order valence-corrected chi connectivity index (χ4v) is 3.21. The van der Waals surface area contributed by atoms with Gasteiger partial charge in [0.1, 0.15) is 0 Å². The number of hydrogen-bond acceptors (Lipinski definition) is 4. The van der Waals surface area contributed by atoms with Gasteiger partial charge in [0.25, 0.3) is 10.0 Å². The second-order valence-electron chi connectivity index (χ2n) is 3.73. The molecule has 0 aromatic carbocycles. The first kappa shape index (κ1) is 14.4. The number of halogens is 1. The predicted octanol–water partition coefficient (Wildman–Crippen LogP) is 0.350. The monoisotopic (exact) mass is 280 g/mol. The Bertz CT molecular complexity index is 452. The minimum atomic E-state index is -3.61. The van der Waals surface area contributed by atoms with E-state index in [4.69, 9.17) is 11.6 Å². The minimum Gasteiger partial charge on any atom is -0.313 e. The molecule has 98 valence electrons. The van der Waals surface area contributed by atoms with Crippen LogP contribution in [0, 0.1) is 0 Å². The standard InChI is InChI=1S/C9H17ClN4O2S/c1-4-11-7(2)5-13-17(15,16)9-8(10)6-12-14(9)3/h6-7,11,13H,4-5H2,1-3H3/t7-/m1/s1. The van der Waals surface area contributed by atoms with Crippen LogP contribution < -0.4 is 10.0 Å². The summed E-state index contributed by atoms with van der Waals surface area (Å²) in [6.07, 6.45) is 1.31. The molecular weight excluding hydrogens is 264 g/mol. The summed E-state index contributed by atoms with van der Waals surface area (Å²) in [4.78, 5) is 0. The van der Waals surface area contributed by atoms with E-state index in [0.29, 0.717) is 6.54 Å². The Labute approximate surface area is 106 Å². The highest BCUT2D eigenvalue weighted by Crippen LogP contribution is 2.19. The molecule has 0 saturated carbocycles. The zero-order chi connectivity index (χ0) is 13.1. The van der Waals surface area contributed by atoms with Crippen molar-refractivity contribution in [2.24, 2.45) is 7.05 Å². The molecule has 0 saturated heterocycles. The molecular formula is C9H17ClN4O2S. The van der Waals surface area contributed by atoms with E-state index in [1.165, 1.54) is 17.9 Å². The minimum absolute atomic E-state index is 0.0112. The quantitative estimate of drug-likeness (QED) is 0.788. The lowest BCUT2D eigenvalue weighted by Gasteiger charge is -2.13. The third-order valence-corrected chi connectivity index (χ3v) is 4.16. The largest absolute Gasteiger partial charge is 0.313 e. The summed E-state index contributed by atoms with van der Waals surface area (Å²) in [5.41, 5.74) is 0. The number of nitrogens with one attached hydrogen (secondary N) is 2. The van der Waals surface area contributed by atoms with E-state index in [1.54, 1.807) is 0 Å². The van der Waals surface area contributed by atoms with Crippen molar-refractivity contribution >= 4 is 21.6 Å². The molecule has 2 N–H and O–H groups in total. The van der Waals surface area contributed by atoms with E-state index in [9.17, 15) is 8.42 Å². The Kier molecular flexibility index (Phi) is 4.93. The number of hydrogen-bond donors (Lipinski definition) is 2. The molecule has 1 aromatic rings. The highest BCUT2D eigenvalue weighted by molar-refractivity contribution is 7.89. The number of aryl methyl sites for hydroxylation is 1. The summed E-state index contributed by atoms with van der Waals surface area (Å²) in [6.45, 7) is 4.95. The summed E-state index contributed by atoms with van der Waals surface area (Å²) >= 11 is 5.79. The van der Waals surface area contributed by atoms with Crippen molar-refractivity contribution in [3.8, 4) is 0 Å². The lowest BCUT2D eigenvalue weighted by molar-refractivity contribution is 0.528. The molecule has 0 bridgehead atoms. The molecule has 1 atom stereocenters. The molecule has 8 heteroatoms. The van der Waals surface area contributed by atoms with Gasteiger partial charge < -0.3 is 5.32 Å². The Morgan fingerprint density at radius 3 is 2.71 bits per heavy atom. The first-order valence-corrected chi connectivity index (χ1v) is 7.15. The van der Waals surface area contributed by atoms with E-state index in [2.05, 4.69) is 15.1 Å². The van der Waals surface area contributed by atoms with Gasteiger partial charge in [-0.3, -0.25) is 4.68 Å². The molecule has 0 aliphatic carbocycles. The smallest absolute Gasteiger partial charge is 0.259 e. The summed E-state index contributed by atoms with van der Waals surface area (Å²) < 4.78 is 27.6. The highest BCUT2D eigenvalue weighted by Gasteiger charge is 2.22. The van der Waals surface area contributed by atoms with Crippen molar-refractivity contribution in [2.75, 3.05) is 13.1 Å². The fraction of sp³-hybridized carbons (Fsp3) is 0.667. The molecule has 6 nitrogen and oxygen atoms in total. The average Bonchev–Trinajstić information content (AvgIpc) is 2.57. The molecule has 0 spiro atoms. The Hall–Kier alpha value is -0.630. The van der Waals surface area contributed by atoms with E-state index >= 15 is 0 Å². The summed E-state index contributed by atoms with van der Waals surface area (Å²) in [7, 11) is -2.08. The topological polar surface area (TPSA) is 76.0 Å². The normalized spacial score (nSPS) is 13.9. The van der Waals surface area contributed by atoms with E-state index in [1.807, 2.05) is 13.8 Å². The van der Waals surface area contributed by atoms with Gasteiger partial charge >= 0.3 is 0 Å². The number of sulfonamides is 1. The van der Waals surface area contributed by atoms with E-state index < -0.39 is 10.0 Å². The Morgan fingerprint density at radius 2 is 2.24 bits per heavy atom. The highest BCUT2D eigenvalue weighted by atomic mass is 35.5. The second-order valence-corrected chi connectivity index (χ2v) is 5.82. The SMILES string of the molecule is CCN[C@H](C)CNS(=O)(=O)c1c(Cl)cnn1C. The molecule has 0 aliphatic rings. The summed E-state index contributed by atoms with van der Waals surface area (Å²) in [5.74, 6) is 0. The van der Waals surface area contributed by atoms with Crippen LogP contribution in [0.5, 0.6) is 0 Å². The van der Waals surface area contributed by atoms with Gasteiger partial charge in [0.05, 0.1) is 11.2 Å². The van der Waals surface area contributed by atoms with Gasteiger partial charge in [-0.1, -0.05) is 18.5 Å². The molecule has 1 aromatic heterocycles. The predicted molar refractivity (Wildman–Crippen MR) is 66.5 cm³/mol. The van der Waals surface area contributed by atoms with Crippen LogP contribution in [0.15, 0.2) is 11.2 Å². The zero-order valence-corrected chi connectivity index (χ0v) is 11.6. The number of likely N-dealkylation sites (N-methyl/N-ethyl adjacent to an activating group) is 1. The van der Waals surface area contributed by atoms with Gasteiger partial charge in [0.15, 0.2) is 5.03 Å². The molecule has 17 heavy (non-hydrogen) atoms. The van der Waals surface area contributed by atoms with Crippen molar-refractivity contribution in [2.45, 2.75) is 24.9 Å². The van der Waals surface area contributed by atoms with Crippen LogP contribution in [-0.4, -0.2) is 37.3 Å². The zero-order valence-electron chi connectivity index (χ0n) is 10.1. The van der Waals surface area contributed by atoms with Crippen molar-refractivity contribution in [1.82, 2.24) is 19.8 Å². The van der Waals surface area contributed by atoms with Crippen LogP contribution >= 0.6 is 11.6 Å². The molecule has 1 heterocycles. The van der Waals surface area contributed by atoms with Crippen molar-refractivity contribution in [3.05, 3.63) is 11.2 Å². The fourth-order valence-electron chi connectivity index (χ4n) is 1.43. The second kappa shape index (κ2) is 5.81. The van der Waals surface area contributed by atoms with Gasteiger partial charge in [-0.05, 0) is 13.5 Å². The third kappa shape index (κ3) is 3.67. The summed E-state index contributed by atoms with van der Waals surface area (Å²) in [6, 6.07) is 0.0572. The van der Waals surface area contributed by atoms with Gasteiger partial charge in [0, 0.05) is 19.6 Å². The van der Waals surface area contributed by atoms with Crippen LogP contribution in [0.2, 0.25) is 5.02 Å². The summed E-state index contributed by atoms with van der Waals surface area (Å²) in [5, 5.41) is 7.02. The Morgan fingerprint density at radius 1 is 1.59 bits per heavy atom. The maximum atomic E-state index is 12.0. The van der Waals surface area contributed by atoms with Crippen molar-refractivity contribution < 1.29 is 8.42 Å². The first-order valence-electron chi connectivity index (χ1n) is 5.29. The van der Waals surface area contributed by atoms with Crippen molar-refractivity contribution in [3.63, 3.8) is 0 Å². The maximum Gasteiger partial charge on any atom is 0.259 e. The van der Waals surface area contributed by atoms with Crippen molar-refractivity contribution in [1.29, 1.82) is 0 Å². The molecule has 0 fully saturated rings. The number of nitrogens with zero attached hydrogens (tertiary/aromatic N) is 2. The number of rotatable bonds is 6. The first-order chi connectivity index (χ1) is 7.88. The van der Waals surface area contributed by atoms with E-state index in [0.717, 1.165) is 6.54 Å². The van der Waals surface area contributed by atoms with Gasteiger partial charge in [-0.2, -0.15) is 5.10 Å². The van der Waals surface area contributed by atoms with Crippen LogP contribution in [0.3, 0.4) is 0 Å². The molecule has 0 aliphatic heterocycles. The lowest BCUT2D eigenvalue weighted by atomic mass is 10.3. The van der Waals surface area contributed by atoms with Crippen LogP contribution in [0.4, 0.5) is 0 Å².